The fourth-order valence-corrected chi connectivity index (χ4v) is 2.63. The first-order valence-electron chi connectivity index (χ1n) is 7.19. The summed E-state index contributed by atoms with van der Waals surface area (Å²) in [5, 5.41) is 11.6. The normalized spacial score (nSPS) is 10.7. The largest absolute Gasteiger partial charge is 0.508 e. The van der Waals surface area contributed by atoms with Crippen LogP contribution in [0.15, 0.2) is 42.6 Å². The van der Waals surface area contributed by atoms with Crippen LogP contribution in [0.25, 0.3) is 10.8 Å². The van der Waals surface area contributed by atoms with Crippen molar-refractivity contribution < 1.29 is 14.6 Å². The molecule has 3 aromatic rings. The van der Waals surface area contributed by atoms with E-state index in [-0.39, 0.29) is 5.75 Å². The number of aromatic hydroxyl groups is 1. The van der Waals surface area contributed by atoms with Gasteiger partial charge >= 0.3 is 0 Å². The number of fused-ring (bicyclic) bond motifs is 1. The number of ether oxygens (including phenoxy) is 2. The van der Waals surface area contributed by atoms with Crippen LogP contribution in [0.4, 0.5) is 5.69 Å². The van der Waals surface area contributed by atoms with E-state index >= 15 is 0 Å². The van der Waals surface area contributed by atoms with Crippen molar-refractivity contribution in [3.05, 3.63) is 53.9 Å². The highest BCUT2D eigenvalue weighted by atomic mass is 16.5. The number of phenolic OH excluding ortho intramolecular Hbond substituents is 1. The number of benzene rings is 2. The van der Waals surface area contributed by atoms with E-state index in [0.29, 0.717) is 23.6 Å². The molecule has 0 atom stereocenters. The van der Waals surface area contributed by atoms with Crippen molar-refractivity contribution in [1.29, 1.82) is 0 Å². The van der Waals surface area contributed by atoms with E-state index in [1.165, 1.54) is 0 Å². The highest BCUT2D eigenvalue weighted by Gasteiger charge is 2.11. The molecule has 0 aliphatic heterocycles. The second kappa shape index (κ2) is 6.04. The van der Waals surface area contributed by atoms with Crippen LogP contribution < -0.4 is 15.2 Å². The van der Waals surface area contributed by atoms with Gasteiger partial charge < -0.3 is 20.3 Å². The maximum absolute atomic E-state index is 9.67. The van der Waals surface area contributed by atoms with E-state index in [9.17, 15) is 5.11 Å². The van der Waals surface area contributed by atoms with Gasteiger partial charge in [-0.15, -0.1) is 0 Å². The number of hydrogen-bond acceptors (Lipinski definition) is 5. The zero-order valence-corrected chi connectivity index (χ0v) is 13.0. The summed E-state index contributed by atoms with van der Waals surface area (Å²) in [6.45, 7) is 0. The third-order valence-electron chi connectivity index (χ3n) is 3.84. The van der Waals surface area contributed by atoms with Gasteiger partial charge in [0.2, 0.25) is 0 Å². The van der Waals surface area contributed by atoms with Crippen molar-refractivity contribution in [2.24, 2.45) is 0 Å². The zero-order chi connectivity index (χ0) is 16.4. The summed E-state index contributed by atoms with van der Waals surface area (Å²) >= 11 is 0. The highest BCUT2D eigenvalue weighted by Crippen LogP contribution is 2.34. The van der Waals surface area contributed by atoms with Gasteiger partial charge in [-0.25, -0.2) is 0 Å². The van der Waals surface area contributed by atoms with E-state index in [4.69, 9.17) is 15.2 Å². The third kappa shape index (κ3) is 2.85. The Kier molecular flexibility index (Phi) is 3.93. The molecule has 5 heteroatoms. The molecule has 0 fully saturated rings. The predicted molar refractivity (Wildman–Crippen MR) is 90.2 cm³/mol. The standard InChI is InChI=1S/C18H18N2O3/c1-22-17-9-11-5-6-20-16(14(11)10-18(17)23-2)8-12-7-13(21)3-4-15(12)19/h3-7,9-10,21H,8,19H2,1-2H3. The van der Waals surface area contributed by atoms with Gasteiger partial charge in [0.1, 0.15) is 5.75 Å². The molecule has 23 heavy (non-hydrogen) atoms. The van der Waals surface area contributed by atoms with Gasteiger partial charge in [-0.3, -0.25) is 4.98 Å². The van der Waals surface area contributed by atoms with Gasteiger partial charge in [0.15, 0.2) is 11.5 Å². The molecule has 0 radical (unpaired) electrons. The predicted octanol–water partition coefficient (Wildman–Crippen LogP) is 3.13. The van der Waals surface area contributed by atoms with Crippen LogP contribution >= 0.6 is 0 Å². The molecule has 5 nitrogen and oxygen atoms in total. The van der Waals surface area contributed by atoms with Crippen LogP contribution in [0.2, 0.25) is 0 Å². The SMILES string of the molecule is COc1cc2ccnc(Cc3cc(O)ccc3N)c2cc1OC. The molecule has 3 N–H and O–H groups in total. The van der Waals surface area contributed by atoms with Crippen LogP contribution in [0.3, 0.4) is 0 Å². The quantitative estimate of drug-likeness (QED) is 0.572. The van der Waals surface area contributed by atoms with Crippen molar-refractivity contribution >= 4 is 16.5 Å². The number of anilines is 1. The lowest BCUT2D eigenvalue weighted by Crippen LogP contribution is -1.99. The lowest BCUT2D eigenvalue weighted by atomic mass is 10.0. The Labute approximate surface area is 134 Å². The maximum atomic E-state index is 9.67. The van der Waals surface area contributed by atoms with Gasteiger partial charge in [-0.05, 0) is 47.3 Å². The summed E-state index contributed by atoms with van der Waals surface area (Å²) < 4.78 is 10.7. The number of nitrogen functional groups attached to an aromatic ring is 1. The number of phenols is 1. The lowest BCUT2D eigenvalue weighted by molar-refractivity contribution is 0.356. The Bertz CT molecular complexity index is 862. The summed E-state index contributed by atoms with van der Waals surface area (Å²) in [5.41, 5.74) is 8.32. The number of nitrogens with two attached hydrogens (primary N) is 1. The van der Waals surface area contributed by atoms with Crippen molar-refractivity contribution in [3.63, 3.8) is 0 Å². The first-order chi connectivity index (χ1) is 11.1. The van der Waals surface area contributed by atoms with Crippen molar-refractivity contribution in [1.82, 2.24) is 4.98 Å². The average molecular weight is 310 g/mol. The van der Waals surface area contributed by atoms with Crippen LogP contribution in [0.1, 0.15) is 11.3 Å². The average Bonchev–Trinajstić information content (AvgIpc) is 2.57. The molecule has 2 aromatic carbocycles. The molecular weight excluding hydrogens is 292 g/mol. The Morgan fingerprint density at radius 2 is 1.78 bits per heavy atom. The van der Waals surface area contributed by atoms with E-state index in [1.807, 2.05) is 18.2 Å². The molecule has 118 valence electrons. The Hall–Kier alpha value is -2.95. The Balaban J connectivity index is 2.12. The van der Waals surface area contributed by atoms with Crippen LogP contribution in [0, 0.1) is 0 Å². The number of nitrogens with zero attached hydrogens (tertiary/aromatic N) is 1. The summed E-state index contributed by atoms with van der Waals surface area (Å²) in [6.07, 6.45) is 2.27. The molecule has 0 amide bonds. The summed E-state index contributed by atoms with van der Waals surface area (Å²) in [5.74, 6) is 1.51. The highest BCUT2D eigenvalue weighted by molar-refractivity contribution is 5.88. The molecule has 0 saturated heterocycles. The number of methoxy groups -OCH3 is 2. The maximum Gasteiger partial charge on any atom is 0.161 e. The van der Waals surface area contributed by atoms with Gasteiger partial charge in [-0.1, -0.05) is 0 Å². The summed E-state index contributed by atoms with van der Waals surface area (Å²) in [6, 6.07) is 10.7. The molecule has 0 spiro atoms. The monoisotopic (exact) mass is 310 g/mol. The van der Waals surface area contributed by atoms with Crippen LogP contribution in [-0.2, 0) is 6.42 Å². The zero-order valence-electron chi connectivity index (χ0n) is 13.0. The van der Waals surface area contributed by atoms with Gasteiger partial charge in [-0.2, -0.15) is 0 Å². The minimum atomic E-state index is 0.189. The van der Waals surface area contributed by atoms with Crippen molar-refractivity contribution in [2.45, 2.75) is 6.42 Å². The molecule has 0 aliphatic rings. The lowest BCUT2D eigenvalue weighted by Gasteiger charge is -2.12. The van der Waals surface area contributed by atoms with E-state index < -0.39 is 0 Å². The third-order valence-corrected chi connectivity index (χ3v) is 3.84. The Morgan fingerprint density at radius 3 is 2.52 bits per heavy atom. The molecular formula is C18H18N2O3. The van der Waals surface area contributed by atoms with Gasteiger partial charge in [0.25, 0.3) is 0 Å². The fraction of sp³-hybridized carbons (Fsp3) is 0.167. The first-order valence-corrected chi connectivity index (χ1v) is 7.19. The second-order valence-corrected chi connectivity index (χ2v) is 5.25. The number of aromatic nitrogens is 1. The molecule has 0 bridgehead atoms. The van der Waals surface area contributed by atoms with Gasteiger partial charge in [0.05, 0.1) is 19.9 Å². The molecule has 1 heterocycles. The number of rotatable bonds is 4. The summed E-state index contributed by atoms with van der Waals surface area (Å²) in [4.78, 5) is 4.47. The number of pyridine rings is 1. The van der Waals surface area contributed by atoms with E-state index in [1.54, 1.807) is 38.6 Å². The van der Waals surface area contributed by atoms with Crippen molar-refractivity contribution in [3.8, 4) is 17.2 Å². The molecule has 3 rings (SSSR count). The topological polar surface area (TPSA) is 77.6 Å². The second-order valence-electron chi connectivity index (χ2n) is 5.25. The van der Waals surface area contributed by atoms with Crippen molar-refractivity contribution in [2.75, 3.05) is 20.0 Å². The first kappa shape index (κ1) is 15.0. The number of hydrogen-bond donors (Lipinski definition) is 2. The molecule has 1 aromatic heterocycles. The minimum absolute atomic E-state index is 0.189. The summed E-state index contributed by atoms with van der Waals surface area (Å²) in [7, 11) is 3.21. The molecule has 0 unspecified atom stereocenters. The van der Waals surface area contributed by atoms with E-state index in [2.05, 4.69) is 4.98 Å². The molecule has 0 saturated carbocycles. The van der Waals surface area contributed by atoms with Gasteiger partial charge in [0, 0.05) is 23.7 Å². The molecule has 0 aliphatic carbocycles. The Morgan fingerprint density at radius 1 is 1.04 bits per heavy atom. The smallest absolute Gasteiger partial charge is 0.161 e. The minimum Gasteiger partial charge on any atom is -0.508 e. The van der Waals surface area contributed by atoms with Crippen LogP contribution in [0.5, 0.6) is 17.2 Å². The van der Waals surface area contributed by atoms with E-state index in [0.717, 1.165) is 22.0 Å². The van der Waals surface area contributed by atoms with Crippen LogP contribution in [-0.4, -0.2) is 24.3 Å². The fourth-order valence-electron chi connectivity index (χ4n) is 2.63.